The second-order valence-corrected chi connectivity index (χ2v) is 4.24. The van der Waals surface area contributed by atoms with Gasteiger partial charge in [-0.25, -0.2) is 4.68 Å². The molecular formula is C15H14N4O. The van der Waals surface area contributed by atoms with Crippen molar-refractivity contribution in [3.05, 3.63) is 60.4 Å². The topological polar surface area (TPSA) is 61.9 Å². The molecule has 0 unspecified atom stereocenters. The van der Waals surface area contributed by atoms with Gasteiger partial charge in [-0.2, -0.15) is 10.4 Å². The number of hydrogen-bond acceptors (Lipinski definition) is 3. The molecule has 20 heavy (non-hydrogen) atoms. The van der Waals surface area contributed by atoms with Crippen molar-refractivity contribution < 1.29 is 4.79 Å². The molecule has 2 aromatic rings. The minimum absolute atomic E-state index is 0.233. The van der Waals surface area contributed by atoms with Crippen LogP contribution in [0.5, 0.6) is 0 Å². The first kappa shape index (κ1) is 13.6. The number of rotatable bonds is 4. The van der Waals surface area contributed by atoms with E-state index in [0.717, 1.165) is 5.69 Å². The van der Waals surface area contributed by atoms with Crippen LogP contribution in [0, 0.1) is 11.3 Å². The molecule has 0 spiro atoms. The number of likely N-dealkylation sites (N-methyl/N-ethyl adjacent to an activating group) is 1. The lowest BCUT2D eigenvalue weighted by Crippen LogP contribution is -2.27. The molecule has 1 heterocycles. The highest BCUT2D eigenvalue weighted by Gasteiger charge is 2.20. The maximum atomic E-state index is 12.2. The van der Waals surface area contributed by atoms with E-state index in [1.165, 1.54) is 15.8 Å². The lowest BCUT2D eigenvalue weighted by Gasteiger charge is -2.13. The summed E-state index contributed by atoms with van der Waals surface area (Å²) in [6.45, 7) is 4.01. The summed E-state index contributed by atoms with van der Waals surface area (Å²) in [5, 5.41) is 13.4. The molecule has 5 heteroatoms. The van der Waals surface area contributed by atoms with Crippen LogP contribution in [-0.2, 0) is 0 Å². The van der Waals surface area contributed by atoms with Crippen molar-refractivity contribution in [2.75, 3.05) is 13.6 Å². The summed E-state index contributed by atoms with van der Waals surface area (Å²) in [6.07, 6.45) is 3.05. The number of aromatic nitrogens is 2. The first-order valence-corrected chi connectivity index (χ1v) is 6.09. The number of nitrogens with zero attached hydrogens (tertiary/aromatic N) is 4. The molecule has 1 aromatic carbocycles. The Kier molecular flexibility index (Phi) is 3.96. The molecule has 0 aliphatic carbocycles. The van der Waals surface area contributed by atoms with Crippen molar-refractivity contribution >= 4 is 5.91 Å². The summed E-state index contributed by atoms with van der Waals surface area (Å²) in [7, 11) is 1.66. The van der Waals surface area contributed by atoms with Gasteiger partial charge in [0, 0.05) is 13.6 Å². The number of hydrogen-bond donors (Lipinski definition) is 0. The van der Waals surface area contributed by atoms with Crippen molar-refractivity contribution in [2.45, 2.75) is 0 Å². The predicted octanol–water partition coefficient (Wildman–Crippen LogP) is 2.00. The Morgan fingerprint density at radius 2 is 2.20 bits per heavy atom. The van der Waals surface area contributed by atoms with Crippen LogP contribution in [0.4, 0.5) is 0 Å². The Labute approximate surface area is 117 Å². The van der Waals surface area contributed by atoms with Crippen LogP contribution >= 0.6 is 0 Å². The number of benzene rings is 1. The molecule has 5 nitrogen and oxygen atoms in total. The monoisotopic (exact) mass is 266 g/mol. The van der Waals surface area contributed by atoms with E-state index < -0.39 is 0 Å². The van der Waals surface area contributed by atoms with Crippen LogP contribution in [0.2, 0.25) is 0 Å². The highest BCUT2D eigenvalue weighted by atomic mass is 16.2. The van der Waals surface area contributed by atoms with Crippen LogP contribution in [-0.4, -0.2) is 34.2 Å². The van der Waals surface area contributed by atoms with E-state index in [1.807, 2.05) is 36.4 Å². The predicted molar refractivity (Wildman–Crippen MR) is 75.4 cm³/mol. The number of carbonyl (C=O) groups excluding carboxylic acids is 1. The van der Waals surface area contributed by atoms with Crippen molar-refractivity contribution in [2.24, 2.45) is 0 Å². The molecule has 1 aromatic heterocycles. The van der Waals surface area contributed by atoms with E-state index in [0.29, 0.717) is 12.1 Å². The van der Waals surface area contributed by atoms with Gasteiger partial charge in [-0.05, 0) is 12.1 Å². The summed E-state index contributed by atoms with van der Waals surface area (Å²) < 4.78 is 1.47. The van der Waals surface area contributed by atoms with Gasteiger partial charge >= 0.3 is 0 Å². The van der Waals surface area contributed by atoms with Gasteiger partial charge in [0.2, 0.25) is 0 Å². The number of carbonyl (C=O) groups is 1. The van der Waals surface area contributed by atoms with Crippen molar-refractivity contribution in [3.8, 4) is 11.8 Å². The second-order valence-electron chi connectivity index (χ2n) is 4.24. The molecule has 0 saturated heterocycles. The normalized spacial score (nSPS) is 9.80. The second kappa shape index (κ2) is 5.85. The highest BCUT2D eigenvalue weighted by molar-refractivity contribution is 5.96. The van der Waals surface area contributed by atoms with Gasteiger partial charge in [0.05, 0.1) is 17.4 Å². The summed E-state index contributed by atoms with van der Waals surface area (Å²) in [5.74, 6) is -0.247. The Morgan fingerprint density at radius 1 is 1.50 bits per heavy atom. The molecule has 0 aliphatic rings. The van der Waals surface area contributed by atoms with E-state index in [-0.39, 0.29) is 11.6 Å². The SMILES string of the molecule is C=CCN(C)C(=O)c1cnn(-c2ccccc2)c1C#N. The zero-order chi connectivity index (χ0) is 14.5. The summed E-state index contributed by atoms with van der Waals surface area (Å²) in [6, 6.07) is 11.3. The largest absolute Gasteiger partial charge is 0.338 e. The van der Waals surface area contributed by atoms with Crippen molar-refractivity contribution in [3.63, 3.8) is 0 Å². The molecule has 1 amide bonds. The molecule has 100 valence electrons. The fourth-order valence-corrected chi connectivity index (χ4v) is 1.86. The highest BCUT2D eigenvalue weighted by Crippen LogP contribution is 2.15. The van der Waals surface area contributed by atoms with Gasteiger partial charge in [0.25, 0.3) is 5.91 Å². The van der Waals surface area contributed by atoms with E-state index in [1.54, 1.807) is 13.1 Å². The Hall–Kier alpha value is -2.87. The van der Waals surface area contributed by atoms with Crippen LogP contribution in [0.15, 0.2) is 49.2 Å². The number of nitriles is 1. The summed E-state index contributed by atoms with van der Waals surface area (Å²) in [5.41, 5.74) is 1.27. The minimum Gasteiger partial charge on any atom is -0.338 e. The molecule has 0 radical (unpaired) electrons. The maximum absolute atomic E-state index is 12.2. The average molecular weight is 266 g/mol. The first-order valence-electron chi connectivity index (χ1n) is 6.09. The van der Waals surface area contributed by atoms with Gasteiger partial charge in [-0.15, -0.1) is 6.58 Å². The number of amides is 1. The molecule has 0 atom stereocenters. The van der Waals surface area contributed by atoms with Gasteiger partial charge in [0.15, 0.2) is 5.69 Å². The standard InChI is InChI=1S/C15H14N4O/c1-3-9-18(2)15(20)13-11-17-19(14(13)10-16)12-7-5-4-6-8-12/h3-8,11H,1,9H2,2H3. The Balaban J connectivity index is 2.43. The van der Waals surface area contributed by atoms with E-state index in [2.05, 4.69) is 11.7 Å². The lowest BCUT2D eigenvalue weighted by atomic mass is 10.2. The Morgan fingerprint density at radius 3 is 2.80 bits per heavy atom. The van der Waals surface area contributed by atoms with Crippen LogP contribution in [0.3, 0.4) is 0 Å². The van der Waals surface area contributed by atoms with Crippen molar-refractivity contribution in [1.82, 2.24) is 14.7 Å². The Bertz CT molecular complexity index is 667. The molecular weight excluding hydrogens is 252 g/mol. The minimum atomic E-state index is -0.247. The van der Waals surface area contributed by atoms with Gasteiger partial charge in [-0.1, -0.05) is 24.3 Å². The third-order valence-corrected chi connectivity index (χ3v) is 2.86. The third kappa shape index (κ3) is 2.45. The molecule has 0 fully saturated rings. The molecule has 2 rings (SSSR count). The smallest absolute Gasteiger partial charge is 0.258 e. The molecule has 0 saturated carbocycles. The summed E-state index contributed by atoms with van der Waals surface area (Å²) in [4.78, 5) is 13.7. The molecule has 0 bridgehead atoms. The van der Waals surface area contributed by atoms with Gasteiger partial charge in [0.1, 0.15) is 6.07 Å². The fraction of sp³-hybridized carbons (Fsp3) is 0.133. The van der Waals surface area contributed by atoms with E-state index in [4.69, 9.17) is 0 Å². The average Bonchev–Trinajstić information content (AvgIpc) is 2.91. The van der Waals surface area contributed by atoms with Crippen molar-refractivity contribution in [1.29, 1.82) is 5.26 Å². The molecule has 0 aliphatic heterocycles. The maximum Gasteiger partial charge on any atom is 0.258 e. The fourth-order valence-electron chi connectivity index (χ4n) is 1.86. The van der Waals surface area contributed by atoms with Crippen LogP contribution in [0.25, 0.3) is 5.69 Å². The van der Waals surface area contributed by atoms with E-state index in [9.17, 15) is 10.1 Å². The summed E-state index contributed by atoms with van der Waals surface area (Å²) >= 11 is 0. The van der Waals surface area contributed by atoms with Gasteiger partial charge < -0.3 is 4.90 Å². The first-order chi connectivity index (χ1) is 9.69. The van der Waals surface area contributed by atoms with Gasteiger partial charge in [-0.3, -0.25) is 4.79 Å². The quantitative estimate of drug-likeness (QED) is 0.795. The zero-order valence-electron chi connectivity index (χ0n) is 11.2. The molecule has 0 N–H and O–H groups in total. The van der Waals surface area contributed by atoms with Crippen LogP contribution < -0.4 is 0 Å². The zero-order valence-corrected chi connectivity index (χ0v) is 11.2. The van der Waals surface area contributed by atoms with E-state index >= 15 is 0 Å². The van der Waals surface area contributed by atoms with Crippen LogP contribution in [0.1, 0.15) is 16.1 Å². The number of para-hydroxylation sites is 1. The lowest BCUT2D eigenvalue weighted by molar-refractivity contribution is 0.0810. The third-order valence-electron chi connectivity index (χ3n) is 2.86.